The van der Waals surface area contributed by atoms with Crippen LogP contribution in [0.15, 0.2) is 54.9 Å². The number of benzene rings is 1. The van der Waals surface area contributed by atoms with Crippen molar-refractivity contribution in [3.8, 4) is 17.7 Å². The maximum atomic E-state index is 13.8. The highest BCUT2D eigenvalue weighted by atomic mass is 19.1. The molecule has 146 valence electrons. The molecule has 1 aliphatic carbocycles. The average molecular weight is 397 g/mol. The van der Waals surface area contributed by atoms with Crippen LogP contribution >= 0.6 is 0 Å². The molecule has 0 fully saturated rings. The summed E-state index contributed by atoms with van der Waals surface area (Å²) in [5.74, 6) is 5.88. The number of carbonyl (C=O) groups excluding carboxylic acids is 1. The number of primary amides is 1. The predicted molar refractivity (Wildman–Crippen MR) is 110 cm³/mol. The molecule has 1 atom stereocenters. The molecular formula is C23H16FN5O. The monoisotopic (exact) mass is 397 g/mol. The summed E-state index contributed by atoms with van der Waals surface area (Å²) in [4.78, 5) is 20.6. The van der Waals surface area contributed by atoms with E-state index >= 15 is 0 Å². The van der Waals surface area contributed by atoms with E-state index < -0.39 is 11.7 Å². The van der Waals surface area contributed by atoms with Gasteiger partial charge >= 0.3 is 0 Å². The highest BCUT2D eigenvalue weighted by molar-refractivity contribution is 6.04. The summed E-state index contributed by atoms with van der Waals surface area (Å²) < 4.78 is 15.2. The first-order valence-electron chi connectivity index (χ1n) is 9.50. The van der Waals surface area contributed by atoms with E-state index in [0.717, 1.165) is 24.1 Å². The van der Waals surface area contributed by atoms with Crippen molar-refractivity contribution in [2.45, 2.75) is 18.8 Å². The van der Waals surface area contributed by atoms with Crippen molar-refractivity contribution in [3.63, 3.8) is 0 Å². The van der Waals surface area contributed by atoms with Gasteiger partial charge in [0.25, 0.3) is 5.91 Å². The molecule has 0 spiro atoms. The van der Waals surface area contributed by atoms with Crippen LogP contribution in [-0.4, -0.2) is 25.7 Å². The van der Waals surface area contributed by atoms with E-state index in [1.165, 1.54) is 28.4 Å². The number of nitrogens with zero attached hydrogens (tertiary/aromatic N) is 4. The Hall–Kier alpha value is -4.05. The number of halogens is 1. The lowest BCUT2D eigenvalue weighted by molar-refractivity contribution is 0.0996. The first kappa shape index (κ1) is 18.0. The van der Waals surface area contributed by atoms with E-state index in [9.17, 15) is 9.18 Å². The second-order valence-electron chi connectivity index (χ2n) is 7.10. The van der Waals surface area contributed by atoms with Crippen LogP contribution < -0.4 is 5.73 Å². The van der Waals surface area contributed by atoms with Gasteiger partial charge in [0, 0.05) is 29.4 Å². The molecular weight excluding hydrogens is 381 g/mol. The molecule has 0 saturated carbocycles. The molecule has 1 aliphatic rings. The van der Waals surface area contributed by atoms with E-state index in [1.807, 2.05) is 6.07 Å². The highest BCUT2D eigenvalue weighted by Crippen LogP contribution is 2.30. The van der Waals surface area contributed by atoms with Gasteiger partial charge in [-0.25, -0.2) is 14.1 Å². The molecule has 4 aromatic rings. The van der Waals surface area contributed by atoms with Gasteiger partial charge in [0.2, 0.25) is 0 Å². The second kappa shape index (κ2) is 7.08. The summed E-state index contributed by atoms with van der Waals surface area (Å²) >= 11 is 0. The summed E-state index contributed by atoms with van der Waals surface area (Å²) in [5.41, 5.74) is 8.95. The van der Waals surface area contributed by atoms with Gasteiger partial charge in [0.1, 0.15) is 5.82 Å². The Morgan fingerprint density at radius 3 is 2.93 bits per heavy atom. The van der Waals surface area contributed by atoms with Crippen molar-refractivity contribution in [2.75, 3.05) is 0 Å². The van der Waals surface area contributed by atoms with Crippen LogP contribution in [0.4, 0.5) is 4.39 Å². The normalized spacial score (nSPS) is 14.9. The minimum atomic E-state index is -0.686. The fraction of sp³-hybridized carbons (Fsp3) is 0.130. The van der Waals surface area contributed by atoms with Gasteiger partial charge in [-0.3, -0.25) is 9.78 Å². The lowest BCUT2D eigenvalue weighted by atomic mass is 10.1. The number of nitrogens with two attached hydrogens (primary N) is 1. The molecule has 6 nitrogen and oxygen atoms in total. The summed E-state index contributed by atoms with van der Waals surface area (Å²) in [5, 5.41) is 4.73. The smallest absolute Gasteiger partial charge is 0.269 e. The van der Waals surface area contributed by atoms with Crippen molar-refractivity contribution in [1.29, 1.82) is 0 Å². The second-order valence-corrected chi connectivity index (χ2v) is 7.10. The highest BCUT2D eigenvalue weighted by Gasteiger charge is 2.21. The molecule has 2 N–H and O–H groups in total. The maximum absolute atomic E-state index is 13.8. The van der Waals surface area contributed by atoms with Gasteiger partial charge < -0.3 is 5.73 Å². The van der Waals surface area contributed by atoms with Crippen LogP contribution in [0, 0.1) is 17.7 Å². The first-order chi connectivity index (χ1) is 14.6. The van der Waals surface area contributed by atoms with Crippen molar-refractivity contribution in [1.82, 2.24) is 19.7 Å². The molecule has 1 aromatic carbocycles. The largest absolute Gasteiger partial charge is 0.364 e. The zero-order valence-corrected chi connectivity index (χ0v) is 15.8. The SMILES string of the molecule is NC(=O)c1nn(-c2cc(C#CC3CCc4cccnc43)ccn2)c2cc(F)ccc12. The summed E-state index contributed by atoms with van der Waals surface area (Å²) in [6.45, 7) is 0. The number of rotatable bonds is 2. The Balaban J connectivity index is 1.54. The molecule has 1 amide bonds. The minimum Gasteiger partial charge on any atom is -0.364 e. The quantitative estimate of drug-likeness (QED) is 0.527. The molecule has 7 heteroatoms. The molecule has 0 aliphatic heterocycles. The third-order valence-corrected chi connectivity index (χ3v) is 5.19. The van der Waals surface area contributed by atoms with Gasteiger partial charge in [-0.1, -0.05) is 17.9 Å². The van der Waals surface area contributed by atoms with Crippen LogP contribution in [0.25, 0.3) is 16.7 Å². The molecule has 5 rings (SSSR count). The fourth-order valence-corrected chi connectivity index (χ4v) is 3.78. The topological polar surface area (TPSA) is 86.7 Å². The molecule has 0 radical (unpaired) electrons. The van der Waals surface area contributed by atoms with E-state index in [2.05, 4.69) is 33.0 Å². The van der Waals surface area contributed by atoms with Gasteiger partial charge in [-0.2, -0.15) is 5.10 Å². The lowest BCUT2D eigenvalue weighted by Crippen LogP contribution is -2.12. The number of aromatic nitrogens is 4. The van der Waals surface area contributed by atoms with Crippen molar-refractivity contribution in [3.05, 3.63) is 83.2 Å². The van der Waals surface area contributed by atoms with Crippen molar-refractivity contribution >= 4 is 16.8 Å². The molecule has 3 aromatic heterocycles. The summed E-state index contributed by atoms with van der Waals surface area (Å²) in [6.07, 6.45) is 5.33. The Kier molecular flexibility index (Phi) is 4.25. The number of hydrogen-bond acceptors (Lipinski definition) is 4. The molecule has 0 saturated heterocycles. The fourth-order valence-electron chi connectivity index (χ4n) is 3.78. The van der Waals surface area contributed by atoms with Crippen molar-refractivity contribution in [2.24, 2.45) is 5.73 Å². The molecule has 3 heterocycles. The molecule has 1 unspecified atom stereocenters. The molecule has 30 heavy (non-hydrogen) atoms. The van der Waals surface area contributed by atoms with Crippen LogP contribution in [0.2, 0.25) is 0 Å². The summed E-state index contributed by atoms with van der Waals surface area (Å²) in [6, 6.07) is 11.6. The van der Waals surface area contributed by atoms with Gasteiger partial charge in [0.05, 0.1) is 17.1 Å². The predicted octanol–water partition coefficient (Wildman–Crippen LogP) is 3.14. The average Bonchev–Trinajstić information content (AvgIpc) is 3.34. The van der Waals surface area contributed by atoms with Gasteiger partial charge in [-0.15, -0.1) is 0 Å². The Morgan fingerprint density at radius 2 is 2.07 bits per heavy atom. The van der Waals surface area contributed by atoms with E-state index in [0.29, 0.717) is 16.7 Å². The third kappa shape index (κ3) is 3.08. The van der Waals surface area contributed by atoms with Gasteiger partial charge in [-0.05, 0) is 48.7 Å². The van der Waals surface area contributed by atoms with Crippen LogP contribution in [0.5, 0.6) is 0 Å². The Labute approximate surface area is 171 Å². The first-order valence-corrected chi connectivity index (χ1v) is 9.50. The standard InChI is InChI=1S/C23H16FN5O/c24-17-7-8-18-19(13-17)29(28-22(18)23(25)30)20-12-14(9-11-26-20)3-4-16-6-5-15-2-1-10-27-21(15)16/h1-2,7-13,16H,5-6H2,(H2,25,30). The van der Waals surface area contributed by atoms with Crippen LogP contribution in [-0.2, 0) is 6.42 Å². The Bertz CT molecular complexity index is 1370. The summed E-state index contributed by atoms with van der Waals surface area (Å²) in [7, 11) is 0. The van der Waals surface area contributed by atoms with Crippen LogP contribution in [0.1, 0.15) is 39.6 Å². The van der Waals surface area contributed by atoms with E-state index in [4.69, 9.17) is 5.73 Å². The minimum absolute atomic E-state index is 0.0666. The van der Waals surface area contributed by atoms with Gasteiger partial charge in [0.15, 0.2) is 11.5 Å². The maximum Gasteiger partial charge on any atom is 0.269 e. The number of aryl methyl sites for hydroxylation is 1. The molecule has 0 bridgehead atoms. The number of carbonyl (C=O) groups is 1. The zero-order chi connectivity index (χ0) is 20.7. The Morgan fingerprint density at radius 1 is 1.17 bits per heavy atom. The van der Waals surface area contributed by atoms with Crippen molar-refractivity contribution < 1.29 is 9.18 Å². The number of fused-ring (bicyclic) bond motifs is 2. The number of hydrogen-bond donors (Lipinski definition) is 1. The lowest BCUT2D eigenvalue weighted by Gasteiger charge is -2.04. The number of pyridine rings is 2. The van der Waals surface area contributed by atoms with Crippen LogP contribution in [0.3, 0.4) is 0 Å². The number of amides is 1. The zero-order valence-electron chi connectivity index (χ0n) is 15.8. The van der Waals surface area contributed by atoms with E-state index in [1.54, 1.807) is 24.5 Å². The third-order valence-electron chi connectivity index (χ3n) is 5.19. The van der Waals surface area contributed by atoms with E-state index in [-0.39, 0.29) is 11.6 Å².